The summed E-state index contributed by atoms with van der Waals surface area (Å²) >= 11 is 6.08. The lowest BCUT2D eigenvalue weighted by atomic mass is 10.1. The Morgan fingerprint density at radius 1 is 1.12 bits per heavy atom. The van der Waals surface area contributed by atoms with Crippen LogP contribution in [-0.2, 0) is 11.2 Å². The maximum absolute atomic E-state index is 12.3. The first kappa shape index (κ1) is 20.1. The van der Waals surface area contributed by atoms with Gasteiger partial charge in [-0.15, -0.1) is 0 Å². The summed E-state index contributed by atoms with van der Waals surface area (Å²) in [6, 6.07) is 15.2. The van der Waals surface area contributed by atoms with Crippen molar-refractivity contribution >= 4 is 17.5 Å². The molecule has 0 bridgehead atoms. The molecule has 2 aromatic rings. The fourth-order valence-electron chi connectivity index (χ4n) is 2.51. The molecule has 0 fully saturated rings. The van der Waals surface area contributed by atoms with Gasteiger partial charge in [0.1, 0.15) is 18.1 Å². The van der Waals surface area contributed by atoms with Crippen molar-refractivity contribution < 1.29 is 14.3 Å². The number of nitrogens with one attached hydrogen (secondary N) is 1. The van der Waals surface area contributed by atoms with Crippen LogP contribution in [-0.4, -0.2) is 25.2 Å². The lowest BCUT2D eigenvalue weighted by molar-refractivity contribution is -0.128. The first-order valence-electron chi connectivity index (χ1n) is 9.04. The summed E-state index contributed by atoms with van der Waals surface area (Å²) in [5.41, 5.74) is 1.30. The van der Waals surface area contributed by atoms with E-state index in [1.165, 1.54) is 5.56 Å². The van der Waals surface area contributed by atoms with E-state index in [9.17, 15) is 4.79 Å². The minimum atomic E-state index is -0.580. The standard InChI is InChI=1S/C21H26ClNO3/c1-3-7-16-10-12-17(13-11-16)25-15-14-23-21(24)19(4-2)26-20-9-6-5-8-18(20)22/h5-6,8-13,19H,3-4,7,14-15H2,1-2H3,(H,23,24). The first-order chi connectivity index (χ1) is 12.6. The average molecular weight is 376 g/mol. The third kappa shape index (κ3) is 6.26. The van der Waals surface area contributed by atoms with Gasteiger partial charge in [0.25, 0.3) is 5.91 Å². The normalized spacial score (nSPS) is 11.7. The van der Waals surface area contributed by atoms with Crippen molar-refractivity contribution in [3.05, 3.63) is 59.1 Å². The lowest BCUT2D eigenvalue weighted by Crippen LogP contribution is -2.39. The molecule has 0 aromatic heterocycles. The van der Waals surface area contributed by atoms with Crippen molar-refractivity contribution in [3.8, 4) is 11.5 Å². The molecule has 2 aromatic carbocycles. The molecule has 0 heterocycles. The minimum Gasteiger partial charge on any atom is -0.492 e. The number of halogens is 1. The number of aryl methyl sites for hydroxylation is 1. The second-order valence-electron chi connectivity index (χ2n) is 5.98. The highest BCUT2D eigenvalue weighted by molar-refractivity contribution is 6.32. The maximum atomic E-state index is 12.3. The molecule has 0 aliphatic heterocycles. The van der Waals surface area contributed by atoms with Crippen LogP contribution in [0.5, 0.6) is 11.5 Å². The fraction of sp³-hybridized carbons (Fsp3) is 0.381. The van der Waals surface area contributed by atoms with E-state index >= 15 is 0 Å². The van der Waals surface area contributed by atoms with Gasteiger partial charge in [-0.25, -0.2) is 0 Å². The molecular formula is C21H26ClNO3. The maximum Gasteiger partial charge on any atom is 0.261 e. The van der Waals surface area contributed by atoms with Crippen molar-refractivity contribution in [2.75, 3.05) is 13.2 Å². The number of para-hydroxylation sites is 1. The highest BCUT2D eigenvalue weighted by Crippen LogP contribution is 2.24. The number of benzene rings is 2. The zero-order valence-electron chi connectivity index (χ0n) is 15.3. The molecule has 0 radical (unpaired) electrons. The lowest BCUT2D eigenvalue weighted by Gasteiger charge is -2.18. The molecule has 1 atom stereocenters. The molecule has 0 saturated carbocycles. The Morgan fingerprint density at radius 2 is 1.85 bits per heavy atom. The van der Waals surface area contributed by atoms with E-state index in [-0.39, 0.29) is 5.91 Å². The van der Waals surface area contributed by atoms with E-state index in [1.54, 1.807) is 12.1 Å². The van der Waals surface area contributed by atoms with Crippen LogP contribution >= 0.6 is 11.6 Å². The van der Waals surface area contributed by atoms with Gasteiger partial charge in [-0.2, -0.15) is 0 Å². The highest BCUT2D eigenvalue weighted by atomic mass is 35.5. The zero-order valence-corrected chi connectivity index (χ0v) is 16.1. The summed E-state index contributed by atoms with van der Waals surface area (Å²) in [7, 11) is 0. The fourth-order valence-corrected chi connectivity index (χ4v) is 2.69. The number of carbonyl (C=O) groups is 1. The number of carbonyl (C=O) groups excluding carboxylic acids is 1. The molecule has 4 nitrogen and oxygen atoms in total. The van der Waals surface area contributed by atoms with E-state index in [0.29, 0.717) is 30.3 Å². The van der Waals surface area contributed by atoms with Gasteiger partial charge in [0.15, 0.2) is 6.10 Å². The van der Waals surface area contributed by atoms with Crippen LogP contribution in [0, 0.1) is 0 Å². The van der Waals surface area contributed by atoms with E-state index < -0.39 is 6.10 Å². The molecule has 0 saturated heterocycles. The SMILES string of the molecule is CCCc1ccc(OCCNC(=O)C(CC)Oc2ccccc2Cl)cc1. The smallest absolute Gasteiger partial charge is 0.261 e. The summed E-state index contributed by atoms with van der Waals surface area (Å²) < 4.78 is 11.4. The van der Waals surface area contributed by atoms with Crippen molar-refractivity contribution in [1.29, 1.82) is 0 Å². The highest BCUT2D eigenvalue weighted by Gasteiger charge is 2.18. The Hall–Kier alpha value is -2.20. The zero-order chi connectivity index (χ0) is 18.8. The number of amides is 1. The van der Waals surface area contributed by atoms with Gasteiger partial charge < -0.3 is 14.8 Å². The first-order valence-corrected chi connectivity index (χ1v) is 9.42. The van der Waals surface area contributed by atoms with Gasteiger partial charge in [-0.3, -0.25) is 4.79 Å². The molecule has 0 aliphatic carbocycles. The molecule has 2 rings (SSSR count). The largest absolute Gasteiger partial charge is 0.492 e. The van der Waals surface area contributed by atoms with Crippen LogP contribution in [0.3, 0.4) is 0 Å². The second kappa shape index (κ2) is 10.7. The van der Waals surface area contributed by atoms with Gasteiger partial charge in [-0.05, 0) is 42.7 Å². The third-order valence-corrected chi connectivity index (χ3v) is 4.21. The summed E-state index contributed by atoms with van der Waals surface area (Å²) in [4.78, 5) is 12.3. The monoisotopic (exact) mass is 375 g/mol. The van der Waals surface area contributed by atoms with Gasteiger partial charge >= 0.3 is 0 Å². The van der Waals surface area contributed by atoms with Crippen molar-refractivity contribution in [2.24, 2.45) is 0 Å². The Kier molecular flexibility index (Phi) is 8.29. The Bertz CT molecular complexity index is 688. The topological polar surface area (TPSA) is 47.6 Å². The van der Waals surface area contributed by atoms with Crippen molar-refractivity contribution in [3.63, 3.8) is 0 Å². The molecule has 1 N–H and O–H groups in total. The van der Waals surface area contributed by atoms with Crippen molar-refractivity contribution in [2.45, 2.75) is 39.2 Å². The van der Waals surface area contributed by atoms with Gasteiger partial charge in [0, 0.05) is 0 Å². The second-order valence-corrected chi connectivity index (χ2v) is 6.39. The number of ether oxygens (including phenoxy) is 2. The summed E-state index contributed by atoms with van der Waals surface area (Å²) in [6.45, 7) is 4.88. The molecule has 0 spiro atoms. The molecule has 1 amide bonds. The van der Waals surface area contributed by atoms with Gasteiger partial charge in [-0.1, -0.05) is 56.1 Å². The predicted octanol–water partition coefficient (Wildman–Crippen LogP) is 4.65. The minimum absolute atomic E-state index is 0.172. The third-order valence-electron chi connectivity index (χ3n) is 3.90. The van der Waals surface area contributed by atoms with Crippen LogP contribution in [0.25, 0.3) is 0 Å². The van der Waals surface area contributed by atoms with E-state index in [0.717, 1.165) is 18.6 Å². The number of hydrogen-bond acceptors (Lipinski definition) is 3. The predicted molar refractivity (Wildman–Crippen MR) is 105 cm³/mol. The molecule has 5 heteroatoms. The Balaban J connectivity index is 1.75. The molecule has 26 heavy (non-hydrogen) atoms. The van der Waals surface area contributed by atoms with E-state index in [2.05, 4.69) is 24.4 Å². The van der Waals surface area contributed by atoms with Gasteiger partial charge in [0.2, 0.25) is 0 Å². The number of rotatable bonds is 10. The Morgan fingerprint density at radius 3 is 2.50 bits per heavy atom. The van der Waals surface area contributed by atoms with Crippen LogP contribution < -0.4 is 14.8 Å². The average Bonchev–Trinajstić information content (AvgIpc) is 2.66. The summed E-state index contributed by atoms with van der Waals surface area (Å²) in [6.07, 6.45) is 2.17. The van der Waals surface area contributed by atoms with Crippen LogP contribution in [0.4, 0.5) is 0 Å². The van der Waals surface area contributed by atoms with E-state index in [4.69, 9.17) is 21.1 Å². The quantitative estimate of drug-likeness (QED) is 0.615. The Labute approximate surface area is 160 Å². The molecule has 0 aliphatic rings. The molecule has 1 unspecified atom stereocenters. The van der Waals surface area contributed by atoms with Crippen LogP contribution in [0.15, 0.2) is 48.5 Å². The van der Waals surface area contributed by atoms with E-state index in [1.807, 2.05) is 31.2 Å². The molecule has 140 valence electrons. The van der Waals surface area contributed by atoms with Crippen LogP contribution in [0.2, 0.25) is 5.02 Å². The number of hydrogen-bond donors (Lipinski definition) is 1. The molecular weight excluding hydrogens is 350 g/mol. The van der Waals surface area contributed by atoms with Crippen molar-refractivity contribution in [1.82, 2.24) is 5.32 Å². The summed E-state index contributed by atoms with van der Waals surface area (Å²) in [5.74, 6) is 1.15. The summed E-state index contributed by atoms with van der Waals surface area (Å²) in [5, 5.41) is 3.34. The van der Waals surface area contributed by atoms with Gasteiger partial charge in [0.05, 0.1) is 11.6 Å². The van der Waals surface area contributed by atoms with Crippen LogP contribution in [0.1, 0.15) is 32.3 Å².